The number of anilines is 1. The zero-order valence-electron chi connectivity index (χ0n) is 14.8. The maximum absolute atomic E-state index is 12.5. The van der Waals surface area contributed by atoms with Crippen LogP contribution in [0, 0.1) is 11.3 Å². The van der Waals surface area contributed by atoms with E-state index in [4.69, 9.17) is 10.00 Å². The number of nitrogens with zero attached hydrogens (tertiary/aromatic N) is 1. The number of nitrogens with one attached hydrogen (secondary N) is 1. The molecular formula is C21H22N2O2S. The number of nitriles is 1. The fourth-order valence-electron chi connectivity index (χ4n) is 2.96. The Morgan fingerprint density at radius 3 is 2.58 bits per heavy atom. The summed E-state index contributed by atoms with van der Waals surface area (Å²) in [6, 6.07) is 16.7. The maximum atomic E-state index is 12.5. The highest BCUT2D eigenvalue weighted by Crippen LogP contribution is 2.38. The number of carbonyl (C=O) groups is 1. The van der Waals surface area contributed by atoms with Gasteiger partial charge in [-0.05, 0) is 56.2 Å². The number of carbonyl (C=O) groups excluding carboxylic acids is 1. The molecule has 1 saturated carbocycles. The Hall–Kier alpha value is -2.45. The SMILES string of the molecule is CC(Oc1ccc(C#N)cc1)C(=O)Nc1ccccc1SC1CCCC1. The minimum absolute atomic E-state index is 0.186. The lowest BCUT2D eigenvalue weighted by atomic mass is 10.2. The fourth-order valence-corrected chi connectivity index (χ4v) is 4.29. The van der Waals surface area contributed by atoms with E-state index in [-0.39, 0.29) is 5.91 Å². The molecule has 1 aliphatic rings. The molecule has 0 aromatic heterocycles. The minimum atomic E-state index is -0.632. The first-order valence-electron chi connectivity index (χ1n) is 8.89. The second-order valence-corrected chi connectivity index (χ2v) is 7.75. The molecule has 1 fully saturated rings. The molecule has 2 aromatic rings. The molecule has 3 rings (SSSR count). The van der Waals surface area contributed by atoms with Crippen LogP contribution in [0.5, 0.6) is 5.75 Å². The second-order valence-electron chi connectivity index (χ2n) is 6.41. The molecule has 0 heterocycles. The van der Waals surface area contributed by atoms with Gasteiger partial charge in [-0.1, -0.05) is 25.0 Å². The highest BCUT2D eigenvalue weighted by molar-refractivity contribution is 8.00. The highest BCUT2D eigenvalue weighted by Gasteiger charge is 2.20. The van der Waals surface area contributed by atoms with Crippen molar-refractivity contribution in [2.75, 3.05) is 5.32 Å². The maximum Gasteiger partial charge on any atom is 0.265 e. The van der Waals surface area contributed by atoms with Crippen LogP contribution in [0.3, 0.4) is 0 Å². The third-order valence-corrected chi connectivity index (χ3v) is 5.82. The number of hydrogen-bond acceptors (Lipinski definition) is 4. The quantitative estimate of drug-likeness (QED) is 0.781. The third kappa shape index (κ3) is 4.80. The summed E-state index contributed by atoms with van der Waals surface area (Å²) in [5.74, 6) is 0.383. The van der Waals surface area contributed by atoms with Crippen molar-refractivity contribution in [2.45, 2.75) is 48.9 Å². The first-order valence-corrected chi connectivity index (χ1v) is 9.77. The topological polar surface area (TPSA) is 62.1 Å². The lowest BCUT2D eigenvalue weighted by Gasteiger charge is -2.17. The van der Waals surface area contributed by atoms with Crippen molar-refractivity contribution in [1.29, 1.82) is 5.26 Å². The van der Waals surface area contributed by atoms with Crippen LogP contribution in [0.15, 0.2) is 53.4 Å². The molecule has 0 radical (unpaired) electrons. The van der Waals surface area contributed by atoms with Crippen molar-refractivity contribution in [2.24, 2.45) is 0 Å². The molecule has 1 unspecified atom stereocenters. The molecule has 0 saturated heterocycles. The van der Waals surface area contributed by atoms with E-state index in [1.807, 2.05) is 30.0 Å². The van der Waals surface area contributed by atoms with Gasteiger partial charge in [-0.25, -0.2) is 0 Å². The Kier molecular flexibility index (Phi) is 6.19. The van der Waals surface area contributed by atoms with Gasteiger partial charge in [0, 0.05) is 10.1 Å². The predicted molar refractivity (Wildman–Crippen MR) is 104 cm³/mol. The molecule has 1 atom stereocenters. The van der Waals surface area contributed by atoms with Crippen LogP contribution in [0.25, 0.3) is 0 Å². The number of para-hydroxylation sites is 1. The summed E-state index contributed by atoms with van der Waals surface area (Å²) in [6.07, 6.45) is 4.44. The number of amides is 1. The molecule has 0 spiro atoms. The van der Waals surface area contributed by atoms with Crippen LogP contribution in [0.2, 0.25) is 0 Å². The zero-order chi connectivity index (χ0) is 18.4. The van der Waals surface area contributed by atoms with Gasteiger partial charge in [0.15, 0.2) is 6.10 Å². The lowest BCUT2D eigenvalue weighted by Crippen LogP contribution is -2.30. The number of hydrogen-bond donors (Lipinski definition) is 1. The Bertz CT molecular complexity index is 792. The Morgan fingerprint density at radius 2 is 1.88 bits per heavy atom. The van der Waals surface area contributed by atoms with Crippen LogP contribution in [-0.2, 0) is 4.79 Å². The summed E-state index contributed by atoms with van der Waals surface area (Å²) >= 11 is 1.85. The van der Waals surface area contributed by atoms with E-state index in [9.17, 15) is 4.79 Å². The Balaban J connectivity index is 1.62. The number of ether oxygens (including phenoxy) is 1. The summed E-state index contributed by atoms with van der Waals surface area (Å²) in [7, 11) is 0. The molecule has 1 N–H and O–H groups in total. The van der Waals surface area contributed by atoms with Crippen LogP contribution < -0.4 is 10.1 Å². The zero-order valence-corrected chi connectivity index (χ0v) is 15.6. The van der Waals surface area contributed by atoms with Crippen LogP contribution in [0.4, 0.5) is 5.69 Å². The van der Waals surface area contributed by atoms with Crippen molar-refractivity contribution in [1.82, 2.24) is 0 Å². The van der Waals surface area contributed by atoms with E-state index in [1.54, 1.807) is 31.2 Å². The van der Waals surface area contributed by atoms with Crippen molar-refractivity contribution in [3.8, 4) is 11.8 Å². The molecule has 4 nitrogen and oxygen atoms in total. The predicted octanol–water partition coefficient (Wildman–Crippen LogP) is 5.00. The van der Waals surface area contributed by atoms with E-state index in [1.165, 1.54) is 25.7 Å². The molecule has 134 valence electrons. The molecule has 2 aromatic carbocycles. The van der Waals surface area contributed by atoms with Gasteiger partial charge in [0.05, 0.1) is 17.3 Å². The van der Waals surface area contributed by atoms with Gasteiger partial charge in [-0.15, -0.1) is 11.8 Å². The van der Waals surface area contributed by atoms with Crippen molar-refractivity contribution >= 4 is 23.4 Å². The van der Waals surface area contributed by atoms with Gasteiger partial charge in [0.25, 0.3) is 5.91 Å². The summed E-state index contributed by atoms with van der Waals surface area (Å²) < 4.78 is 5.69. The van der Waals surface area contributed by atoms with Gasteiger partial charge in [0.1, 0.15) is 5.75 Å². The number of thioether (sulfide) groups is 1. The van der Waals surface area contributed by atoms with Gasteiger partial charge in [-0.2, -0.15) is 5.26 Å². The van der Waals surface area contributed by atoms with Gasteiger partial charge >= 0.3 is 0 Å². The van der Waals surface area contributed by atoms with Crippen LogP contribution in [0.1, 0.15) is 38.2 Å². The van der Waals surface area contributed by atoms with Gasteiger partial charge in [0.2, 0.25) is 0 Å². The van der Waals surface area contributed by atoms with E-state index in [0.717, 1.165) is 10.6 Å². The normalized spacial score (nSPS) is 15.2. The third-order valence-electron chi connectivity index (χ3n) is 4.41. The van der Waals surface area contributed by atoms with Crippen LogP contribution in [-0.4, -0.2) is 17.3 Å². The standard InChI is InChI=1S/C21H22N2O2S/c1-15(25-17-12-10-16(14-22)11-13-17)21(24)23-19-8-4-5-9-20(19)26-18-6-2-3-7-18/h4-5,8-13,15,18H,2-3,6-7H2,1H3,(H,23,24). The number of benzene rings is 2. The molecule has 1 amide bonds. The average Bonchev–Trinajstić information content (AvgIpc) is 3.17. The van der Waals surface area contributed by atoms with Crippen molar-refractivity contribution < 1.29 is 9.53 Å². The summed E-state index contributed by atoms with van der Waals surface area (Å²) in [4.78, 5) is 13.6. The average molecular weight is 366 g/mol. The monoisotopic (exact) mass is 366 g/mol. The smallest absolute Gasteiger partial charge is 0.265 e. The molecule has 26 heavy (non-hydrogen) atoms. The van der Waals surface area contributed by atoms with E-state index < -0.39 is 6.10 Å². The van der Waals surface area contributed by atoms with E-state index in [0.29, 0.717) is 16.6 Å². The summed E-state index contributed by atoms with van der Waals surface area (Å²) in [6.45, 7) is 1.72. The molecule has 0 aliphatic heterocycles. The minimum Gasteiger partial charge on any atom is -0.481 e. The fraction of sp³-hybridized carbons (Fsp3) is 0.333. The number of rotatable bonds is 6. The Labute approximate surface area is 158 Å². The summed E-state index contributed by atoms with van der Waals surface area (Å²) in [5, 5.41) is 12.5. The van der Waals surface area contributed by atoms with E-state index in [2.05, 4.69) is 17.5 Å². The van der Waals surface area contributed by atoms with Gasteiger partial charge < -0.3 is 10.1 Å². The summed E-state index contributed by atoms with van der Waals surface area (Å²) in [5.41, 5.74) is 1.40. The molecule has 1 aliphatic carbocycles. The molecule has 0 bridgehead atoms. The van der Waals surface area contributed by atoms with Crippen molar-refractivity contribution in [3.63, 3.8) is 0 Å². The van der Waals surface area contributed by atoms with Gasteiger partial charge in [-0.3, -0.25) is 4.79 Å². The molecular weight excluding hydrogens is 344 g/mol. The first kappa shape index (κ1) is 18.3. The molecule has 5 heteroatoms. The lowest BCUT2D eigenvalue weighted by molar-refractivity contribution is -0.122. The van der Waals surface area contributed by atoms with E-state index >= 15 is 0 Å². The Morgan fingerprint density at radius 1 is 1.19 bits per heavy atom. The van der Waals surface area contributed by atoms with Crippen molar-refractivity contribution in [3.05, 3.63) is 54.1 Å². The first-order chi connectivity index (χ1) is 12.7. The highest BCUT2D eigenvalue weighted by atomic mass is 32.2. The second kappa shape index (κ2) is 8.77. The van der Waals surface area contributed by atoms with Crippen LogP contribution >= 0.6 is 11.8 Å². The largest absolute Gasteiger partial charge is 0.481 e.